The lowest BCUT2D eigenvalue weighted by Gasteiger charge is -2.31. The Morgan fingerprint density at radius 3 is 2.68 bits per heavy atom. The lowest BCUT2D eigenvalue weighted by Crippen LogP contribution is -2.47. The second-order valence-corrected chi connectivity index (χ2v) is 4.92. The monoisotopic (exact) mass is 301 g/mol. The standard InChI is InChI=1S/C15H15N3O4/c1-2-22-13(19)11-10-8-16-14(20)18(10)15(21)17-12(11)9-6-4-3-5-7-9/h3-8,11-12H,2H2,1H3,(H,16,20)(H,17,21). The molecule has 2 heterocycles. The number of fused-ring (bicyclic) bond motifs is 1. The molecule has 0 aliphatic carbocycles. The van der Waals surface area contributed by atoms with Gasteiger partial charge in [0.1, 0.15) is 5.92 Å². The summed E-state index contributed by atoms with van der Waals surface area (Å²) < 4.78 is 6.05. The Morgan fingerprint density at radius 1 is 1.27 bits per heavy atom. The van der Waals surface area contributed by atoms with Gasteiger partial charge in [0, 0.05) is 6.20 Å². The number of carbonyl (C=O) groups excluding carboxylic acids is 2. The van der Waals surface area contributed by atoms with E-state index >= 15 is 0 Å². The van der Waals surface area contributed by atoms with Crippen molar-refractivity contribution in [2.45, 2.75) is 18.9 Å². The highest BCUT2D eigenvalue weighted by atomic mass is 16.5. The first-order valence-electron chi connectivity index (χ1n) is 6.96. The summed E-state index contributed by atoms with van der Waals surface area (Å²) in [6.07, 6.45) is 1.39. The van der Waals surface area contributed by atoms with E-state index in [2.05, 4.69) is 10.3 Å². The lowest BCUT2D eigenvalue weighted by molar-refractivity contribution is -0.146. The number of aromatic nitrogens is 2. The molecule has 1 aromatic carbocycles. The molecule has 2 unspecified atom stereocenters. The summed E-state index contributed by atoms with van der Waals surface area (Å²) in [6, 6.07) is 7.98. The number of hydrogen-bond acceptors (Lipinski definition) is 4. The summed E-state index contributed by atoms with van der Waals surface area (Å²) in [6.45, 7) is 1.93. The van der Waals surface area contributed by atoms with E-state index in [1.165, 1.54) is 6.20 Å². The SMILES string of the molecule is CCOC(=O)C1c2c[nH]c(=O)n2C(=O)NC1c1ccccc1. The third kappa shape index (κ3) is 2.20. The highest BCUT2D eigenvalue weighted by Gasteiger charge is 2.41. The maximum Gasteiger partial charge on any atom is 0.334 e. The molecule has 0 saturated heterocycles. The number of amides is 1. The molecular weight excluding hydrogens is 286 g/mol. The van der Waals surface area contributed by atoms with Crippen molar-refractivity contribution in [3.8, 4) is 0 Å². The molecule has 2 aromatic rings. The lowest BCUT2D eigenvalue weighted by atomic mass is 9.89. The Bertz CT molecular complexity index is 763. The predicted octanol–water partition coefficient (Wildman–Crippen LogP) is 1.14. The summed E-state index contributed by atoms with van der Waals surface area (Å²) in [5, 5.41) is 2.71. The van der Waals surface area contributed by atoms with Crippen LogP contribution in [0.5, 0.6) is 0 Å². The number of nitrogens with zero attached hydrogens (tertiary/aromatic N) is 1. The quantitative estimate of drug-likeness (QED) is 0.831. The van der Waals surface area contributed by atoms with E-state index in [1.54, 1.807) is 6.92 Å². The molecule has 1 aromatic heterocycles. The van der Waals surface area contributed by atoms with E-state index in [4.69, 9.17) is 4.74 Å². The first kappa shape index (κ1) is 14.1. The number of esters is 1. The first-order chi connectivity index (χ1) is 10.6. The highest BCUT2D eigenvalue weighted by molar-refractivity contribution is 5.87. The van der Waals surface area contributed by atoms with Crippen molar-refractivity contribution in [2.75, 3.05) is 6.61 Å². The van der Waals surface area contributed by atoms with Gasteiger partial charge in [0.25, 0.3) is 0 Å². The van der Waals surface area contributed by atoms with Gasteiger partial charge >= 0.3 is 17.7 Å². The summed E-state index contributed by atoms with van der Waals surface area (Å²) >= 11 is 0. The smallest absolute Gasteiger partial charge is 0.334 e. The van der Waals surface area contributed by atoms with E-state index in [0.717, 1.165) is 10.1 Å². The summed E-state index contributed by atoms with van der Waals surface area (Å²) in [5.74, 6) is -1.26. The average Bonchev–Trinajstić information content (AvgIpc) is 2.90. The molecule has 0 saturated carbocycles. The molecule has 7 nitrogen and oxygen atoms in total. The van der Waals surface area contributed by atoms with Crippen molar-refractivity contribution in [1.82, 2.24) is 14.9 Å². The molecule has 7 heteroatoms. The molecule has 2 N–H and O–H groups in total. The van der Waals surface area contributed by atoms with Crippen LogP contribution in [-0.2, 0) is 9.53 Å². The number of imidazole rings is 1. The molecule has 1 aliphatic heterocycles. The van der Waals surface area contributed by atoms with Gasteiger partial charge in [-0.05, 0) is 12.5 Å². The number of hydrogen-bond donors (Lipinski definition) is 2. The minimum absolute atomic E-state index is 0.222. The Labute approximate surface area is 125 Å². The molecule has 1 aliphatic rings. The third-order valence-corrected chi connectivity index (χ3v) is 3.64. The van der Waals surface area contributed by atoms with Crippen molar-refractivity contribution in [2.24, 2.45) is 0 Å². The largest absolute Gasteiger partial charge is 0.465 e. The fourth-order valence-electron chi connectivity index (χ4n) is 2.70. The zero-order chi connectivity index (χ0) is 15.7. The molecule has 0 bridgehead atoms. The van der Waals surface area contributed by atoms with Crippen LogP contribution < -0.4 is 11.0 Å². The molecule has 0 fully saturated rings. The average molecular weight is 301 g/mol. The second-order valence-electron chi connectivity index (χ2n) is 4.92. The summed E-state index contributed by atoms with van der Waals surface area (Å²) in [4.78, 5) is 38.7. The van der Waals surface area contributed by atoms with E-state index in [1.807, 2.05) is 30.3 Å². The molecule has 1 amide bonds. The predicted molar refractivity (Wildman–Crippen MR) is 77.5 cm³/mol. The van der Waals surface area contributed by atoms with E-state index in [9.17, 15) is 14.4 Å². The van der Waals surface area contributed by atoms with Crippen LogP contribution in [0, 0.1) is 0 Å². The van der Waals surface area contributed by atoms with Crippen molar-refractivity contribution >= 4 is 12.0 Å². The normalized spacial score (nSPS) is 20.1. The van der Waals surface area contributed by atoms with Crippen molar-refractivity contribution < 1.29 is 14.3 Å². The van der Waals surface area contributed by atoms with Gasteiger partial charge in [0.15, 0.2) is 0 Å². The van der Waals surface area contributed by atoms with Crippen LogP contribution in [0.15, 0.2) is 41.3 Å². The van der Waals surface area contributed by atoms with Crippen LogP contribution in [0.1, 0.15) is 30.1 Å². The van der Waals surface area contributed by atoms with Gasteiger partial charge in [0.2, 0.25) is 0 Å². The zero-order valence-corrected chi connectivity index (χ0v) is 11.9. The number of ether oxygens (including phenoxy) is 1. The Morgan fingerprint density at radius 2 is 2.00 bits per heavy atom. The molecule has 0 spiro atoms. The summed E-state index contributed by atoms with van der Waals surface area (Å²) in [7, 11) is 0. The van der Waals surface area contributed by atoms with Gasteiger partial charge in [-0.25, -0.2) is 14.2 Å². The fourth-order valence-corrected chi connectivity index (χ4v) is 2.70. The van der Waals surface area contributed by atoms with Crippen LogP contribution in [0.2, 0.25) is 0 Å². The van der Waals surface area contributed by atoms with E-state index < -0.39 is 29.6 Å². The molecule has 0 radical (unpaired) electrons. The van der Waals surface area contributed by atoms with E-state index in [0.29, 0.717) is 5.69 Å². The van der Waals surface area contributed by atoms with E-state index in [-0.39, 0.29) is 6.61 Å². The van der Waals surface area contributed by atoms with Gasteiger partial charge in [-0.15, -0.1) is 0 Å². The highest BCUT2D eigenvalue weighted by Crippen LogP contribution is 2.34. The number of carbonyl (C=O) groups is 2. The summed E-state index contributed by atoms with van der Waals surface area (Å²) in [5.41, 5.74) is 0.503. The van der Waals surface area contributed by atoms with Crippen molar-refractivity contribution in [3.05, 3.63) is 58.3 Å². The minimum Gasteiger partial charge on any atom is -0.465 e. The number of aromatic amines is 1. The van der Waals surface area contributed by atoms with Crippen molar-refractivity contribution in [1.29, 1.82) is 0 Å². The number of nitrogens with one attached hydrogen (secondary N) is 2. The zero-order valence-electron chi connectivity index (χ0n) is 11.9. The Balaban J connectivity index is 2.12. The maximum absolute atomic E-state index is 12.4. The number of rotatable bonds is 3. The van der Waals surface area contributed by atoms with Crippen LogP contribution in [-0.4, -0.2) is 28.2 Å². The van der Waals surface area contributed by atoms with Gasteiger partial charge in [-0.2, -0.15) is 0 Å². The van der Waals surface area contributed by atoms with Gasteiger partial charge in [-0.1, -0.05) is 30.3 Å². The molecule has 114 valence electrons. The van der Waals surface area contributed by atoms with Gasteiger partial charge < -0.3 is 15.0 Å². The van der Waals surface area contributed by atoms with Crippen LogP contribution in [0.4, 0.5) is 4.79 Å². The number of benzene rings is 1. The van der Waals surface area contributed by atoms with Crippen molar-refractivity contribution in [3.63, 3.8) is 0 Å². The van der Waals surface area contributed by atoms with Crippen LogP contribution in [0.25, 0.3) is 0 Å². The Kier molecular flexibility index (Phi) is 3.54. The van der Waals surface area contributed by atoms with Crippen LogP contribution in [0.3, 0.4) is 0 Å². The number of H-pyrrole nitrogens is 1. The minimum atomic E-state index is -0.779. The molecular formula is C15H15N3O4. The fraction of sp³-hybridized carbons (Fsp3) is 0.267. The van der Waals surface area contributed by atoms with Crippen LogP contribution >= 0.6 is 0 Å². The third-order valence-electron chi connectivity index (χ3n) is 3.64. The second kappa shape index (κ2) is 5.51. The van der Waals surface area contributed by atoms with Gasteiger partial charge in [0.05, 0.1) is 18.3 Å². The molecule has 22 heavy (non-hydrogen) atoms. The maximum atomic E-state index is 12.4. The molecule has 2 atom stereocenters. The molecule has 3 rings (SSSR count). The Hall–Kier alpha value is -2.83. The first-order valence-corrected chi connectivity index (χ1v) is 6.96. The topological polar surface area (TPSA) is 93.2 Å². The van der Waals surface area contributed by atoms with Gasteiger partial charge in [-0.3, -0.25) is 4.79 Å².